The number of nitrogens with zero attached hydrogens (tertiary/aromatic N) is 3. The van der Waals surface area contributed by atoms with E-state index in [2.05, 4.69) is 102 Å². The summed E-state index contributed by atoms with van der Waals surface area (Å²) < 4.78 is 1.86. The third kappa shape index (κ3) is 4.00. The first-order chi connectivity index (χ1) is 16.7. The Kier molecular flexibility index (Phi) is 6.21. The molecular weight excluding hydrogens is 420 g/mol. The number of hydrogen-bond acceptors (Lipinski definition) is 4. The number of rotatable bonds is 8. The van der Waals surface area contributed by atoms with E-state index in [9.17, 15) is 0 Å². The van der Waals surface area contributed by atoms with Gasteiger partial charge in [-0.3, -0.25) is 4.84 Å². The first kappa shape index (κ1) is 22.0. The summed E-state index contributed by atoms with van der Waals surface area (Å²) in [5.41, 5.74) is 7.83. The van der Waals surface area contributed by atoms with Gasteiger partial charge in [-0.15, -0.1) is 5.10 Å². The molecule has 5 rings (SSSR count). The molecule has 0 aliphatic carbocycles. The molecule has 0 amide bonds. The van der Waals surface area contributed by atoms with Gasteiger partial charge in [0.15, 0.2) is 6.23 Å². The van der Waals surface area contributed by atoms with Crippen molar-refractivity contribution in [3.05, 3.63) is 132 Å². The van der Waals surface area contributed by atoms with Gasteiger partial charge in [-0.1, -0.05) is 122 Å². The molecule has 170 valence electrons. The highest BCUT2D eigenvalue weighted by Gasteiger charge is 2.38. The van der Waals surface area contributed by atoms with E-state index in [-0.39, 0.29) is 12.1 Å². The Morgan fingerprint density at radius 1 is 0.676 bits per heavy atom. The van der Waals surface area contributed by atoms with E-state index in [0.29, 0.717) is 0 Å². The number of hydroxylamine groups is 1. The number of benzene rings is 4. The van der Waals surface area contributed by atoms with Gasteiger partial charge in [-0.05, 0) is 28.8 Å². The second-order valence-electron chi connectivity index (χ2n) is 8.73. The van der Waals surface area contributed by atoms with Crippen molar-refractivity contribution < 1.29 is 4.84 Å². The van der Waals surface area contributed by atoms with Crippen LogP contribution in [0.25, 0.3) is 11.0 Å². The van der Waals surface area contributed by atoms with Crippen LogP contribution < -0.4 is 5.48 Å². The minimum atomic E-state index is -0.729. The Hall–Kier alpha value is -3.80. The van der Waals surface area contributed by atoms with Crippen LogP contribution >= 0.6 is 0 Å². The van der Waals surface area contributed by atoms with Gasteiger partial charge in [0.05, 0.1) is 5.52 Å². The van der Waals surface area contributed by atoms with E-state index in [1.165, 1.54) is 0 Å². The Balaban J connectivity index is 1.63. The fourth-order valence-electron chi connectivity index (χ4n) is 4.43. The molecule has 0 spiro atoms. The van der Waals surface area contributed by atoms with E-state index in [0.717, 1.165) is 27.7 Å². The molecule has 0 radical (unpaired) electrons. The van der Waals surface area contributed by atoms with Crippen LogP contribution in [0.5, 0.6) is 0 Å². The molecule has 1 N–H and O–H groups in total. The van der Waals surface area contributed by atoms with E-state index in [1.807, 2.05) is 47.1 Å². The van der Waals surface area contributed by atoms with Crippen LogP contribution in [0.4, 0.5) is 0 Å². The molecule has 0 fully saturated rings. The van der Waals surface area contributed by atoms with Crippen molar-refractivity contribution in [1.29, 1.82) is 0 Å². The highest BCUT2D eigenvalue weighted by atomic mass is 16.7. The number of hydrogen-bond donors (Lipinski definition) is 1. The van der Waals surface area contributed by atoms with Gasteiger partial charge in [-0.2, -0.15) is 5.48 Å². The zero-order valence-corrected chi connectivity index (χ0v) is 19.4. The van der Waals surface area contributed by atoms with Crippen LogP contribution in [0.1, 0.15) is 36.8 Å². The van der Waals surface area contributed by atoms with Crippen molar-refractivity contribution in [2.45, 2.75) is 25.6 Å². The molecule has 0 aliphatic rings. The van der Waals surface area contributed by atoms with Gasteiger partial charge < -0.3 is 0 Å². The summed E-state index contributed by atoms with van der Waals surface area (Å²) in [4.78, 5) is 6.60. The monoisotopic (exact) mass is 448 g/mol. The van der Waals surface area contributed by atoms with Crippen molar-refractivity contribution in [3.63, 3.8) is 0 Å². The predicted molar refractivity (Wildman–Crippen MR) is 135 cm³/mol. The predicted octanol–water partition coefficient (Wildman–Crippen LogP) is 6.10. The SMILES string of the molecule is CC(C)C(ONC(c1ccccc1)(c1ccccc1)c1ccccc1)n1nnc2ccccc21. The summed E-state index contributed by atoms with van der Waals surface area (Å²) in [6.45, 7) is 4.25. The normalized spacial score (nSPS) is 12.8. The maximum absolute atomic E-state index is 6.60. The molecular formula is C29H28N4O. The molecule has 1 unspecified atom stereocenters. The van der Waals surface area contributed by atoms with E-state index < -0.39 is 5.54 Å². The third-order valence-corrected chi connectivity index (χ3v) is 6.14. The molecule has 0 bridgehead atoms. The zero-order chi connectivity index (χ0) is 23.4. The first-order valence-electron chi connectivity index (χ1n) is 11.6. The quantitative estimate of drug-likeness (QED) is 0.230. The molecule has 5 nitrogen and oxygen atoms in total. The maximum Gasteiger partial charge on any atom is 0.175 e. The smallest absolute Gasteiger partial charge is 0.175 e. The van der Waals surface area contributed by atoms with Crippen molar-refractivity contribution in [2.24, 2.45) is 5.92 Å². The van der Waals surface area contributed by atoms with Gasteiger partial charge in [-0.25, -0.2) is 4.68 Å². The maximum atomic E-state index is 6.60. The largest absolute Gasteiger partial charge is 0.273 e. The average Bonchev–Trinajstić information content (AvgIpc) is 3.32. The highest BCUT2D eigenvalue weighted by Crippen LogP contribution is 2.38. The number of para-hydroxylation sites is 1. The lowest BCUT2D eigenvalue weighted by Crippen LogP contribution is -2.46. The van der Waals surface area contributed by atoms with Gasteiger partial charge in [0.2, 0.25) is 0 Å². The van der Waals surface area contributed by atoms with E-state index in [4.69, 9.17) is 4.84 Å². The molecule has 4 aromatic carbocycles. The van der Waals surface area contributed by atoms with Crippen LogP contribution in [-0.2, 0) is 10.4 Å². The molecule has 5 aromatic rings. The van der Waals surface area contributed by atoms with E-state index in [1.54, 1.807) is 0 Å². The van der Waals surface area contributed by atoms with Crippen LogP contribution in [0.2, 0.25) is 0 Å². The Morgan fingerprint density at radius 2 is 1.15 bits per heavy atom. The lowest BCUT2D eigenvalue weighted by Gasteiger charge is -2.38. The van der Waals surface area contributed by atoms with Crippen LogP contribution in [-0.4, -0.2) is 15.0 Å². The molecule has 0 saturated carbocycles. The number of nitrogens with one attached hydrogen (secondary N) is 1. The van der Waals surface area contributed by atoms with Gasteiger partial charge in [0, 0.05) is 5.92 Å². The van der Waals surface area contributed by atoms with Crippen molar-refractivity contribution in [3.8, 4) is 0 Å². The summed E-state index contributed by atoms with van der Waals surface area (Å²) in [5, 5.41) is 8.78. The minimum absolute atomic E-state index is 0.137. The summed E-state index contributed by atoms with van der Waals surface area (Å²) >= 11 is 0. The first-order valence-corrected chi connectivity index (χ1v) is 11.6. The molecule has 0 saturated heterocycles. The van der Waals surface area contributed by atoms with Gasteiger partial charge in [0.1, 0.15) is 11.1 Å². The van der Waals surface area contributed by atoms with Crippen LogP contribution in [0.3, 0.4) is 0 Å². The highest BCUT2D eigenvalue weighted by molar-refractivity contribution is 5.73. The van der Waals surface area contributed by atoms with Gasteiger partial charge in [0.25, 0.3) is 0 Å². The Labute approximate surface area is 200 Å². The van der Waals surface area contributed by atoms with Crippen molar-refractivity contribution in [1.82, 2.24) is 20.5 Å². The van der Waals surface area contributed by atoms with Crippen molar-refractivity contribution in [2.75, 3.05) is 0 Å². The lowest BCUT2D eigenvalue weighted by molar-refractivity contribution is -0.119. The fourth-order valence-corrected chi connectivity index (χ4v) is 4.43. The zero-order valence-electron chi connectivity index (χ0n) is 19.4. The summed E-state index contributed by atoms with van der Waals surface area (Å²) in [6.07, 6.45) is -0.372. The van der Waals surface area contributed by atoms with Crippen molar-refractivity contribution >= 4 is 11.0 Å². The van der Waals surface area contributed by atoms with Gasteiger partial charge >= 0.3 is 0 Å². The summed E-state index contributed by atoms with van der Waals surface area (Å²) in [5.74, 6) is 0.137. The minimum Gasteiger partial charge on any atom is -0.273 e. The fraction of sp³-hybridized carbons (Fsp3) is 0.172. The van der Waals surface area contributed by atoms with Crippen LogP contribution in [0.15, 0.2) is 115 Å². The molecule has 1 aromatic heterocycles. The average molecular weight is 449 g/mol. The molecule has 1 heterocycles. The van der Waals surface area contributed by atoms with Crippen LogP contribution in [0, 0.1) is 5.92 Å². The molecule has 1 atom stereocenters. The number of aromatic nitrogens is 3. The molecule has 34 heavy (non-hydrogen) atoms. The lowest BCUT2D eigenvalue weighted by atomic mass is 9.78. The summed E-state index contributed by atoms with van der Waals surface area (Å²) in [7, 11) is 0. The topological polar surface area (TPSA) is 52.0 Å². The Morgan fingerprint density at radius 3 is 1.65 bits per heavy atom. The molecule has 0 aliphatic heterocycles. The Bertz CT molecular complexity index is 1240. The third-order valence-electron chi connectivity index (χ3n) is 6.14. The number of fused-ring (bicyclic) bond motifs is 1. The molecule has 5 heteroatoms. The van der Waals surface area contributed by atoms with E-state index >= 15 is 0 Å². The summed E-state index contributed by atoms with van der Waals surface area (Å²) in [6, 6.07) is 39.2. The second kappa shape index (κ2) is 9.59. The standard InChI is InChI=1S/C29H28N4O/c1-22(2)28(33-27-21-13-12-20-26(27)30-32-33)34-31-29(23-14-6-3-7-15-23,24-16-8-4-9-17-24)25-18-10-5-11-19-25/h3-22,28,31H,1-2H3. The second-order valence-corrected chi connectivity index (χ2v) is 8.73.